The largest absolute Gasteiger partial charge is 0.348 e. The molecule has 2 unspecified atom stereocenters. The third-order valence-electron chi connectivity index (χ3n) is 4.53. The molecule has 2 aromatic carbocycles. The fourth-order valence-corrected chi connectivity index (χ4v) is 4.06. The van der Waals surface area contributed by atoms with E-state index in [1.54, 1.807) is 24.3 Å². The van der Waals surface area contributed by atoms with Gasteiger partial charge in [-0.15, -0.1) is 0 Å². The third-order valence-corrected chi connectivity index (χ3v) is 5.93. The highest BCUT2D eigenvalue weighted by Gasteiger charge is 2.23. The molecule has 2 aromatic rings. The number of hydrogen-bond donors (Lipinski definition) is 3. The molecule has 138 valence electrons. The molecule has 1 fully saturated rings. The summed E-state index contributed by atoms with van der Waals surface area (Å²) in [5.41, 5.74) is 0.939. The van der Waals surface area contributed by atoms with Crippen molar-refractivity contribution in [1.82, 2.24) is 10.6 Å². The molecule has 1 aliphatic rings. The van der Waals surface area contributed by atoms with Crippen LogP contribution in [-0.4, -0.2) is 33.0 Å². The van der Waals surface area contributed by atoms with Crippen LogP contribution in [0.5, 0.6) is 0 Å². The van der Waals surface area contributed by atoms with Crippen molar-refractivity contribution >= 4 is 21.6 Å². The maximum Gasteiger partial charge on any atom is 0.261 e. The predicted molar refractivity (Wildman–Crippen MR) is 102 cm³/mol. The zero-order valence-corrected chi connectivity index (χ0v) is 15.4. The molecule has 1 saturated heterocycles. The normalized spacial score (nSPS) is 20.3. The highest BCUT2D eigenvalue weighted by atomic mass is 32.2. The van der Waals surface area contributed by atoms with Crippen LogP contribution in [0, 0.1) is 0 Å². The highest BCUT2D eigenvalue weighted by molar-refractivity contribution is 7.92. The lowest BCUT2D eigenvalue weighted by atomic mass is 9.99. The summed E-state index contributed by atoms with van der Waals surface area (Å²) in [5.74, 6) is -0.189. The molecular weight excluding hydrogens is 350 g/mol. The summed E-state index contributed by atoms with van der Waals surface area (Å²) in [5, 5.41) is 6.36. The summed E-state index contributed by atoms with van der Waals surface area (Å²) in [4.78, 5) is 12.5. The summed E-state index contributed by atoms with van der Waals surface area (Å²) in [6, 6.07) is 15.0. The number of sulfonamides is 1. The molecule has 2 atom stereocenters. The van der Waals surface area contributed by atoms with Gasteiger partial charge in [-0.1, -0.05) is 18.2 Å². The van der Waals surface area contributed by atoms with Crippen LogP contribution < -0.4 is 15.4 Å². The van der Waals surface area contributed by atoms with Crippen LogP contribution >= 0.6 is 0 Å². The van der Waals surface area contributed by atoms with E-state index in [1.165, 1.54) is 24.3 Å². The fourth-order valence-electron chi connectivity index (χ4n) is 3.00. The minimum Gasteiger partial charge on any atom is -0.348 e. The molecule has 3 rings (SSSR count). The number of carbonyl (C=O) groups excluding carboxylic acids is 1. The molecule has 0 radical (unpaired) electrons. The molecule has 1 heterocycles. The lowest BCUT2D eigenvalue weighted by Crippen LogP contribution is -2.51. The van der Waals surface area contributed by atoms with E-state index in [0.717, 1.165) is 19.4 Å². The minimum absolute atomic E-state index is 0.0828. The van der Waals surface area contributed by atoms with Gasteiger partial charge in [-0.05, 0) is 62.7 Å². The maximum atomic E-state index is 12.4. The van der Waals surface area contributed by atoms with Gasteiger partial charge in [0.2, 0.25) is 0 Å². The zero-order chi connectivity index (χ0) is 18.6. The second-order valence-electron chi connectivity index (χ2n) is 6.46. The molecule has 1 aliphatic heterocycles. The Morgan fingerprint density at radius 3 is 2.42 bits per heavy atom. The first-order valence-electron chi connectivity index (χ1n) is 8.68. The number of anilines is 1. The van der Waals surface area contributed by atoms with E-state index in [1.807, 2.05) is 6.07 Å². The van der Waals surface area contributed by atoms with Crippen LogP contribution in [-0.2, 0) is 10.0 Å². The number of amides is 1. The quantitative estimate of drug-likeness (QED) is 0.751. The Morgan fingerprint density at radius 1 is 1.08 bits per heavy atom. The van der Waals surface area contributed by atoms with Gasteiger partial charge in [-0.3, -0.25) is 9.52 Å². The molecule has 0 aromatic heterocycles. The van der Waals surface area contributed by atoms with E-state index >= 15 is 0 Å². The van der Waals surface area contributed by atoms with Crippen molar-refractivity contribution in [3.05, 3.63) is 60.2 Å². The fraction of sp³-hybridized carbons (Fsp3) is 0.316. The molecule has 0 saturated carbocycles. The summed E-state index contributed by atoms with van der Waals surface area (Å²) in [6.45, 7) is 3.02. The molecule has 6 nitrogen and oxygen atoms in total. The van der Waals surface area contributed by atoms with Gasteiger partial charge in [-0.25, -0.2) is 8.42 Å². The van der Waals surface area contributed by atoms with Crippen molar-refractivity contribution in [3.63, 3.8) is 0 Å². The first-order chi connectivity index (χ1) is 12.5. The number of carbonyl (C=O) groups is 1. The SMILES string of the molecule is CC1NCCCC1NC(=O)c1ccc(S(=O)(=O)Nc2ccccc2)cc1. The van der Waals surface area contributed by atoms with Gasteiger partial charge >= 0.3 is 0 Å². The maximum absolute atomic E-state index is 12.4. The van der Waals surface area contributed by atoms with E-state index in [0.29, 0.717) is 11.3 Å². The molecular formula is C19H23N3O3S. The van der Waals surface area contributed by atoms with Gasteiger partial charge in [0.15, 0.2) is 0 Å². The van der Waals surface area contributed by atoms with E-state index in [-0.39, 0.29) is 22.9 Å². The van der Waals surface area contributed by atoms with Crippen LogP contribution in [0.4, 0.5) is 5.69 Å². The Balaban J connectivity index is 1.68. The highest BCUT2D eigenvalue weighted by Crippen LogP contribution is 2.17. The first kappa shape index (κ1) is 18.4. The van der Waals surface area contributed by atoms with Crippen LogP contribution in [0.15, 0.2) is 59.5 Å². The molecule has 26 heavy (non-hydrogen) atoms. The van der Waals surface area contributed by atoms with Crippen molar-refractivity contribution < 1.29 is 13.2 Å². The molecule has 3 N–H and O–H groups in total. The Morgan fingerprint density at radius 2 is 1.77 bits per heavy atom. The molecule has 7 heteroatoms. The Kier molecular flexibility index (Phi) is 5.58. The summed E-state index contributed by atoms with van der Waals surface area (Å²) in [7, 11) is -3.68. The van der Waals surface area contributed by atoms with Gasteiger partial charge < -0.3 is 10.6 Å². The number of piperidine rings is 1. The van der Waals surface area contributed by atoms with Gasteiger partial charge in [0.05, 0.1) is 4.90 Å². The lowest BCUT2D eigenvalue weighted by Gasteiger charge is -2.30. The van der Waals surface area contributed by atoms with E-state index < -0.39 is 10.0 Å². The van der Waals surface area contributed by atoms with Crippen molar-refractivity contribution in [1.29, 1.82) is 0 Å². The molecule has 0 aliphatic carbocycles. The van der Waals surface area contributed by atoms with E-state index in [4.69, 9.17) is 0 Å². The van der Waals surface area contributed by atoms with Crippen LogP contribution in [0.1, 0.15) is 30.1 Å². The average Bonchev–Trinajstić information content (AvgIpc) is 2.64. The predicted octanol–water partition coefficient (Wildman–Crippen LogP) is 2.36. The van der Waals surface area contributed by atoms with Crippen molar-refractivity contribution in [3.8, 4) is 0 Å². The summed E-state index contributed by atoms with van der Waals surface area (Å²) >= 11 is 0. The number of para-hydroxylation sites is 1. The second-order valence-corrected chi connectivity index (χ2v) is 8.14. The van der Waals surface area contributed by atoms with Gasteiger partial charge in [0.25, 0.3) is 15.9 Å². The van der Waals surface area contributed by atoms with Gasteiger partial charge in [0, 0.05) is 23.3 Å². The summed E-state index contributed by atoms with van der Waals surface area (Å²) < 4.78 is 27.4. The number of rotatable bonds is 5. The van der Waals surface area contributed by atoms with E-state index in [2.05, 4.69) is 22.3 Å². The molecule has 0 spiro atoms. The number of hydrogen-bond acceptors (Lipinski definition) is 4. The topological polar surface area (TPSA) is 87.3 Å². The average molecular weight is 373 g/mol. The van der Waals surface area contributed by atoms with Crippen molar-refractivity contribution in [2.24, 2.45) is 0 Å². The van der Waals surface area contributed by atoms with Gasteiger partial charge in [-0.2, -0.15) is 0 Å². The Labute approximate surface area is 154 Å². The third kappa shape index (κ3) is 4.42. The standard InChI is InChI=1S/C19H23N3O3S/c1-14-18(8-5-13-20-14)21-19(23)15-9-11-17(12-10-15)26(24,25)22-16-6-3-2-4-7-16/h2-4,6-7,9-12,14,18,20,22H,5,8,13H2,1H3,(H,21,23). The zero-order valence-electron chi connectivity index (χ0n) is 14.6. The van der Waals surface area contributed by atoms with Crippen LogP contribution in [0.25, 0.3) is 0 Å². The lowest BCUT2D eigenvalue weighted by molar-refractivity contribution is 0.0919. The van der Waals surface area contributed by atoms with Crippen molar-refractivity contribution in [2.45, 2.75) is 36.7 Å². The van der Waals surface area contributed by atoms with Gasteiger partial charge in [0.1, 0.15) is 0 Å². The molecule has 1 amide bonds. The Hall–Kier alpha value is -2.38. The second kappa shape index (κ2) is 7.88. The Bertz CT molecular complexity index is 851. The van der Waals surface area contributed by atoms with Crippen molar-refractivity contribution in [2.75, 3.05) is 11.3 Å². The number of benzene rings is 2. The van der Waals surface area contributed by atoms with Crippen LogP contribution in [0.3, 0.4) is 0 Å². The van der Waals surface area contributed by atoms with Crippen LogP contribution in [0.2, 0.25) is 0 Å². The monoisotopic (exact) mass is 373 g/mol. The first-order valence-corrected chi connectivity index (χ1v) is 10.2. The minimum atomic E-state index is -3.68. The summed E-state index contributed by atoms with van der Waals surface area (Å²) in [6.07, 6.45) is 1.96. The molecule has 0 bridgehead atoms. The smallest absolute Gasteiger partial charge is 0.261 e. The van der Waals surface area contributed by atoms with E-state index in [9.17, 15) is 13.2 Å². The number of nitrogens with one attached hydrogen (secondary N) is 3.